The van der Waals surface area contributed by atoms with Crippen molar-refractivity contribution in [3.05, 3.63) is 47.4 Å². The molecule has 0 spiro atoms. The fourth-order valence-electron chi connectivity index (χ4n) is 3.08. The number of nitrogens with zero attached hydrogens (tertiary/aromatic N) is 4. The van der Waals surface area contributed by atoms with Crippen LogP contribution in [0.1, 0.15) is 37.9 Å². The maximum absolute atomic E-state index is 13.7. The predicted octanol–water partition coefficient (Wildman–Crippen LogP) is 3.09. The van der Waals surface area contributed by atoms with E-state index in [0.717, 1.165) is 5.56 Å². The molecule has 30 heavy (non-hydrogen) atoms. The summed E-state index contributed by atoms with van der Waals surface area (Å²) < 4.78 is 20.7. The lowest BCUT2D eigenvalue weighted by Crippen LogP contribution is -2.40. The number of hydrogen-bond acceptors (Lipinski definition) is 8. The number of ether oxygens (including phenoxy) is 1. The highest BCUT2D eigenvalue weighted by atomic mass is 19.1. The van der Waals surface area contributed by atoms with Gasteiger partial charge in [0.25, 0.3) is 0 Å². The molecule has 0 bridgehead atoms. The van der Waals surface area contributed by atoms with Crippen LogP contribution in [0.15, 0.2) is 35.6 Å². The molecule has 3 rings (SSSR count). The molecule has 1 unspecified atom stereocenters. The number of oxime groups is 1. The molecule has 0 aliphatic rings. The minimum Gasteiger partial charge on any atom is -0.496 e. The van der Waals surface area contributed by atoms with Crippen molar-refractivity contribution in [1.29, 1.82) is 0 Å². The molecule has 0 saturated heterocycles. The number of benzene rings is 1. The minimum atomic E-state index is -0.735. The second-order valence-electron chi connectivity index (χ2n) is 7.28. The zero-order valence-corrected chi connectivity index (χ0v) is 17.4. The topological polar surface area (TPSA) is 111 Å². The van der Waals surface area contributed by atoms with Gasteiger partial charge in [-0.3, -0.25) is 5.32 Å². The van der Waals surface area contributed by atoms with Crippen LogP contribution in [0.25, 0.3) is 5.65 Å². The van der Waals surface area contributed by atoms with Gasteiger partial charge in [-0.25, -0.2) is 13.9 Å². The Kier molecular flexibility index (Phi) is 6.06. The number of hydrogen-bond donors (Lipinski definition) is 3. The monoisotopic (exact) mass is 415 g/mol. The number of nitrogen functional groups attached to an aromatic ring is 1. The molecule has 0 saturated carbocycles. The van der Waals surface area contributed by atoms with Crippen molar-refractivity contribution >= 4 is 24.0 Å². The van der Waals surface area contributed by atoms with E-state index in [1.165, 1.54) is 12.1 Å². The molecule has 0 aliphatic heterocycles. The summed E-state index contributed by atoms with van der Waals surface area (Å²) in [6.07, 6.45) is 1.76. The summed E-state index contributed by atoms with van der Waals surface area (Å²) in [5.74, 6) is 1.20. The van der Waals surface area contributed by atoms with Crippen LogP contribution in [0.3, 0.4) is 0 Å². The van der Waals surface area contributed by atoms with Crippen LogP contribution in [-0.2, 0) is 11.4 Å². The van der Waals surface area contributed by atoms with Crippen LogP contribution >= 0.6 is 0 Å². The lowest BCUT2D eigenvalue weighted by atomic mass is 10.1. The van der Waals surface area contributed by atoms with Crippen molar-refractivity contribution < 1.29 is 14.0 Å². The van der Waals surface area contributed by atoms with Gasteiger partial charge in [-0.2, -0.15) is 0 Å². The van der Waals surface area contributed by atoms with Crippen molar-refractivity contribution in [1.82, 2.24) is 19.9 Å². The fourth-order valence-corrected chi connectivity index (χ4v) is 3.08. The highest BCUT2D eigenvalue weighted by Crippen LogP contribution is 2.28. The van der Waals surface area contributed by atoms with E-state index >= 15 is 0 Å². The maximum atomic E-state index is 13.7. The average Bonchev–Trinajstić information content (AvgIpc) is 3.00. The van der Waals surface area contributed by atoms with E-state index in [-0.39, 0.29) is 11.9 Å². The number of aromatic nitrogens is 3. The summed E-state index contributed by atoms with van der Waals surface area (Å²) in [5.41, 5.74) is 7.34. The summed E-state index contributed by atoms with van der Waals surface area (Å²) in [4.78, 5) is 9.84. The van der Waals surface area contributed by atoms with Crippen molar-refractivity contribution in [3.63, 3.8) is 0 Å². The summed E-state index contributed by atoms with van der Waals surface area (Å²) in [6, 6.07) is 5.92. The lowest BCUT2D eigenvalue weighted by Gasteiger charge is -2.23. The first-order chi connectivity index (χ1) is 14.2. The van der Waals surface area contributed by atoms with Crippen LogP contribution in [0.5, 0.6) is 5.75 Å². The van der Waals surface area contributed by atoms with E-state index in [0.29, 0.717) is 35.1 Å². The van der Waals surface area contributed by atoms with Gasteiger partial charge < -0.3 is 20.6 Å². The van der Waals surface area contributed by atoms with Crippen LogP contribution in [0, 0.1) is 5.82 Å². The Bertz CT molecular complexity index is 1050. The molecular weight excluding hydrogens is 389 g/mol. The van der Waals surface area contributed by atoms with Crippen molar-refractivity contribution in [3.8, 4) is 5.75 Å². The second-order valence-corrected chi connectivity index (χ2v) is 7.28. The van der Waals surface area contributed by atoms with Crippen molar-refractivity contribution in [2.24, 2.45) is 5.16 Å². The number of nitrogens with two attached hydrogens (primary N) is 1. The normalized spacial score (nSPS) is 12.6. The third-order valence-electron chi connectivity index (χ3n) is 4.62. The molecule has 10 heteroatoms. The van der Waals surface area contributed by atoms with Crippen LogP contribution in [0.2, 0.25) is 0 Å². The van der Waals surface area contributed by atoms with Gasteiger partial charge in [0.05, 0.1) is 18.7 Å². The number of methoxy groups -OCH3 is 1. The molecular formula is C20H26FN7O2. The lowest BCUT2D eigenvalue weighted by molar-refractivity contribution is -0.0403. The van der Waals surface area contributed by atoms with Gasteiger partial charge in [0.1, 0.15) is 17.4 Å². The molecule has 0 amide bonds. The molecule has 0 radical (unpaired) electrons. The zero-order valence-electron chi connectivity index (χ0n) is 17.4. The molecule has 1 aromatic carbocycles. The Morgan fingerprint density at radius 3 is 2.83 bits per heavy atom. The number of fused-ring (bicyclic) bond motifs is 1. The van der Waals surface area contributed by atoms with Gasteiger partial charge in [0.2, 0.25) is 0 Å². The first-order valence-electron chi connectivity index (χ1n) is 9.37. The van der Waals surface area contributed by atoms with E-state index in [4.69, 9.17) is 15.3 Å². The van der Waals surface area contributed by atoms with Crippen molar-refractivity contribution in [2.75, 3.05) is 18.2 Å². The molecule has 4 N–H and O–H groups in total. The molecule has 1 atom stereocenters. The van der Waals surface area contributed by atoms with E-state index in [1.54, 1.807) is 30.0 Å². The zero-order chi connectivity index (χ0) is 21.9. The standard InChI is InChI=1S/C20H26FN7O2/c1-12(14-10-13(21)6-7-16(14)29-5)25-17-8-9-28-19(26-17)15(18(22)27-28)11-24-20(2,3)30-23-4/h6-10,12,24H,4,11H2,1-3,5H3,(H2,22,27)(H,25,26). The molecule has 2 aromatic heterocycles. The Morgan fingerprint density at radius 1 is 1.37 bits per heavy atom. The molecule has 160 valence electrons. The quantitative estimate of drug-likeness (QED) is 0.280. The van der Waals surface area contributed by atoms with E-state index in [9.17, 15) is 4.39 Å². The third kappa shape index (κ3) is 4.60. The highest BCUT2D eigenvalue weighted by molar-refractivity contribution is 5.61. The number of anilines is 2. The number of nitrogens with one attached hydrogen (secondary N) is 2. The largest absolute Gasteiger partial charge is 0.496 e. The first-order valence-corrected chi connectivity index (χ1v) is 9.37. The Hall–Kier alpha value is -3.40. The van der Waals surface area contributed by atoms with E-state index < -0.39 is 5.72 Å². The van der Waals surface area contributed by atoms with Gasteiger partial charge in [-0.15, -0.1) is 10.3 Å². The highest BCUT2D eigenvalue weighted by Gasteiger charge is 2.21. The summed E-state index contributed by atoms with van der Waals surface area (Å²) in [7, 11) is 1.55. The second kappa shape index (κ2) is 8.54. The molecule has 0 aliphatic carbocycles. The Morgan fingerprint density at radius 2 is 2.13 bits per heavy atom. The summed E-state index contributed by atoms with van der Waals surface area (Å²) >= 11 is 0. The van der Waals surface area contributed by atoms with Gasteiger partial charge in [0.15, 0.2) is 17.2 Å². The third-order valence-corrected chi connectivity index (χ3v) is 4.62. The van der Waals surface area contributed by atoms with E-state index in [2.05, 4.69) is 32.6 Å². The van der Waals surface area contributed by atoms with Crippen LogP contribution in [-0.4, -0.2) is 34.2 Å². The SMILES string of the molecule is C=NOC(C)(C)NCc1c(N)nn2ccc(NC(C)c3cc(F)ccc3OC)nc12. The fraction of sp³-hybridized carbons (Fsp3) is 0.350. The number of rotatable bonds is 9. The van der Waals surface area contributed by atoms with Gasteiger partial charge in [-0.05, 0) is 45.0 Å². The van der Waals surface area contributed by atoms with Crippen LogP contribution < -0.4 is 21.1 Å². The summed E-state index contributed by atoms with van der Waals surface area (Å²) in [6.45, 7) is 9.23. The molecule has 3 aromatic rings. The average molecular weight is 415 g/mol. The Labute approximate surface area is 174 Å². The van der Waals surface area contributed by atoms with Gasteiger partial charge in [0, 0.05) is 25.0 Å². The van der Waals surface area contributed by atoms with E-state index in [1.807, 2.05) is 20.8 Å². The van der Waals surface area contributed by atoms with Crippen molar-refractivity contribution in [2.45, 2.75) is 39.1 Å². The first kappa shape index (κ1) is 21.3. The smallest absolute Gasteiger partial charge is 0.183 e. The minimum absolute atomic E-state index is 0.251. The van der Waals surface area contributed by atoms with Gasteiger partial charge in [-0.1, -0.05) is 0 Å². The molecule has 2 heterocycles. The predicted molar refractivity (Wildman–Crippen MR) is 114 cm³/mol. The number of halogens is 1. The van der Waals surface area contributed by atoms with Gasteiger partial charge >= 0.3 is 0 Å². The molecule has 9 nitrogen and oxygen atoms in total. The maximum Gasteiger partial charge on any atom is 0.183 e. The molecule has 0 fully saturated rings. The van der Waals surface area contributed by atoms with Crippen LogP contribution in [0.4, 0.5) is 16.0 Å². The Balaban J connectivity index is 1.86. The summed E-state index contributed by atoms with van der Waals surface area (Å²) in [5, 5.41) is 14.2.